The Morgan fingerprint density at radius 3 is 2.29 bits per heavy atom. The zero-order valence-corrected chi connectivity index (χ0v) is 10.4. The fourth-order valence-electron chi connectivity index (χ4n) is 4.05. The predicted molar refractivity (Wildman–Crippen MR) is 61.3 cm³/mol. The number of nitrogens with one attached hydrogen (secondary N) is 1. The number of hydrogen-bond donors (Lipinski definition) is 1. The summed E-state index contributed by atoms with van der Waals surface area (Å²) in [5.74, 6) is 0.962. The molecule has 3 atom stereocenters. The lowest BCUT2D eigenvalue weighted by Crippen LogP contribution is -2.52. The Morgan fingerprint density at radius 1 is 1.21 bits per heavy atom. The second-order valence-electron chi connectivity index (χ2n) is 6.67. The van der Waals surface area contributed by atoms with Gasteiger partial charge in [-0.15, -0.1) is 0 Å². The third-order valence-corrected chi connectivity index (χ3v) is 4.77. The van der Waals surface area contributed by atoms with Gasteiger partial charge in [0.15, 0.2) is 0 Å². The molecule has 2 rings (SSSR count). The van der Waals surface area contributed by atoms with Gasteiger partial charge >= 0.3 is 0 Å². The molecule has 0 aromatic rings. The Morgan fingerprint density at radius 2 is 1.86 bits per heavy atom. The molecule has 1 nitrogen and oxygen atoms in total. The van der Waals surface area contributed by atoms with E-state index in [-0.39, 0.29) is 0 Å². The van der Waals surface area contributed by atoms with Crippen molar-refractivity contribution in [2.45, 2.75) is 66.0 Å². The van der Waals surface area contributed by atoms with Crippen LogP contribution in [0.1, 0.15) is 53.9 Å². The van der Waals surface area contributed by atoms with Gasteiger partial charge in [0.05, 0.1) is 0 Å². The molecule has 0 heterocycles. The Bertz CT molecular complexity index is 227. The highest BCUT2D eigenvalue weighted by Crippen LogP contribution is 2.62. The molecule has 0 saturated heterocycles. The molecule has 2 aliphatic carbocycles. The summed E-state index contributed by atoms with van der Waals surface area (Å²) in [5, 5.41) is 3.80. The Hall–Kier alpha value is -0.0400. The summed E-state index contributed by atoms with van der Waals surface area (Å²) in [5.41, 5.74) is 1.09. The zero-order valence-electron chi connectivity index (χ0n) is 10.4. The van der Waals surface area contributed by atoms with Crippen LogP contribution >= 0.6 is 0 Å². The molecule has 0 spiro atoms. The molecule has 2 saturated carbocycles. The number of hydrogen-bond acceptors (Lipinski definition) is 1. The third kappa shape index (κ3) is 1.32. The van der Waals surface area contributed by atoms with E-state index in [2.05, 4.69) is 39.9 Å². The van der Waals surface area contributed by atoms with Crippen molar-refractivity contribution in [2.75, 3.05) is 0 Å². The lowest BCUT2D eigenvalue weighted by molar-refractivity contribution is 0.102. The Kier molecular flexibility index (Phi) is 2.23. The first kappa shape index (κ1) is 10.5. The fourth-order valence-corrected chi connectivity index (χ4v) is 4.05. The topological polar surface area (TPSA) is 12.0 Å². The third-order valence-electron chi connectivity index (χ3n) is 4.77. The standard InChI is InChI=1S/C13H25N/c1-9(2)14-11-12(3,4)10-6-7-13(11,5)8-10/h9-11,14H,6-8H2,1-5H3/t10-,11?,13+/m0/s1. The average molecular weight is 195 g/mol. The van der Waals surface area contributed by atoms with Crippen LogP contribution in [0.2, 0.25) is 0 Å². The second-order valence-corrected chi connectivity index (χ2v) is 6.67. The van der Waals surface area contributed by atoms with Crippen LogP contribution in [0.25, 0.3) is 0 Å². The van der Waals surface area contributed by atoms with Crippen molar-refractivity contribution < 1.29 is 0 Å². The van der Waals surface area contributed by atoms with Crippen LogP contribution in [-0.4, -0.2) is 12.1 Å². The van der Waals surface area contributed by atoms with Gasteiger partial charge in [0.1, 0.15) is 0 Å². The van der Waals surface area contributed by atoms with E-state index in [1.54, 1.807) is 0 Å². The molecule has 0 aliphatic heterocycles. The normalized spacial score (nSPS) is 45.0. The van der Waals surface area contributed by atoms with Crippen molar-refractivity contribution in [1.29, 1.82) is 0 Å². The largest absolute Gasteiger partial charge is 0.311 e. The van der Waals surface area contributed by atoms with Gasteiger partial charge in [-0.3, -0.25) is 0 Å². The molecular weight excluding hydrogens is 170 g/mol. The van der Waals surface area contributed by atoms with E-state index in [0.29, 0.717) is 16.9 Å². The van der Waals surface area contributed by atoms with Crippen LogP contribution in [0.15, 0.2) is 0 Å². The maximum atomic E-state index is 3.80. The van der Waals surface area contributed by atoms with Crippen molar-refractivity contribution in [3.63, 3.8) is 0 Å². The summed E-state index contributed by atoms with van der Waals surface area (Å²) in [6.07, 6.45) is 4.34. The molecule has 1 heteroatoms. The van der Waals surface area contributed by atoms with Crippen molar-refractivity contribution in [3.05, 3.63) is 0 Å². The molecule has 0 aromatic heterocycles. The highest BCUT2D eigenvalue weighted by atomic mass is 15.0. The molecule has 2 aliphatic rings. The van der Waals surface area contributed by atoms with Gasteiger partial charge in [-0.05, 0) is 36.0 Å². The van der Waals surface area contributed by atoms with Crippen molar-refractivity contribution in [2.24, 2.45) is 16.7 Å². The molecule has 2 bridgehead atoms. The van der Waals surface area contributed by atoms with E-state index in [4.69, 9.17) is 0 Å². The molecule has 14 heavy (non-hydrogen) atoms. The van der Waals surface area contributed by atoms with E-state index in [1.165, 1.54) is 19.3 Å². The van der Waals surface area contributed by atoms with Crippen molar-refractivity contribution >= 4 is 0 Å². The summed E-state index contributed by atoms with van der Waals surface area (Å²) in [4.78, 5) is 0. The quantitative estimate of drug-likeness (QED) is 0.713. The minimum Gasteiger partial charge on any atom is -0.311 e. The van der Waals surface area contributed by atoms with E-state index >= 15 is 0 Å². The molecule has 0 aromatic carbocycles. The van der Waals surface area contributed by atoms with E-state index in [0.717, 1.165) is 12.0 Å². The maximum Gasteiger partial charge on any atom is 0.0177 e. The van der Waals surface area contributed by atoms with Gasteiger partial charge in [-0.1, -0.05) is 34.6 Å². The van der Waals surface area contributed by atoms with Gasteiger partial charge in [0.25, 0.3) is 0 Å². The number of fused-ring (bicyclic) bond motifs is 2. The fraction of sp³-hybridized carbons (Fsp3) is 1.00. The highest BCUT2D eigenvalue weighted by molar-refractivity contribution is 5.12. The minimum absolute atomic E-state index is 0.511. The van der Waals surface area contributed by atoms with Crippen LogP contribution in [-0.2, 0) is 0 Å². The molecular formula is C13H25N. The van der Waals surface area contributed by atoms with Gasteiger partial charge < -0.3 is 5.32 Å². The van der Waals surface area contributed by atoms with Crippen LogP contribution in [0.3, 0.4) is 0 Å². The molecule has 0 amide bonds. The Labute approximate surface area is 88.7 Å². The smallest absolute Gasteiger partial charge is 0.0177 e. The minimum atomic E-state index is 0.511. The van der Waals surface area contributed by atoms with E-state index in [9.17, 15) is 0 Å². The molecule has 1 unspecified atom stereocenters. The second kappa shape index (κ2) is 2.98. The molecule has 82 valence electrons. The van der Waals surface area contributed by atoms with Crippen molar-refractivity contribution in [1.82, 2.24) is 5.32 Å². The first-order valence-electron chi connectivity index (χ1n) is 6.12. The van der Waals surface area contributed by atoms with Crippen LogP contribution in [0, 0.1) is 16.7 Å². The molecule has 2 fully saturated rings. The predicted octanol–water partition coefficient (Wildman–Crippen LogP) is 3.20. The molecule has 0 radical (unpaired) electrons. The zero-order chi connectivity index (χ0) is 10.6. The van der Waals surface area contributed by atoms with E-state index < -0.39 is 0 Å². The monoisotopic (exact) mass is 195 g/mol. The van der Waals surface area contributed by atoms with Crippen LogP contribution in [0.5, 0.6) is 0 Å². The van der Waals surface area contributed by atoms with Crippen molar-refractivity contribution in [3.8, 4) is 0 Å². The molecule has 1 N–H and O–H groups in total. The highest BCUT2D eigenvalue weighted by Gasteiger charge is 2.59. The summed E-state index contributed by atoms with van der Waals surface area (Å²) < 4.78 is 0. The first-order chi connectivity index (χ1) is 6.36. The SMILES string of the molecule is CC(C)NC1C(C)(C)[C@H]2CC[C@]1(C)C2. The summed E-state index contributed by atoms with van der Waals surface area (Å²) >= 11 is 0. The first-order valence-corrected chi connectivity index (χ1v) is 6.12. The summed E-state index contributed by atoms with van der Waals surface area (Å²) in [7, 11) is 0. The lowest BCUT2D eigenvalue weighted by atomic mass is 9.68. The van der Waals surface area contributed by atoms with Gasteiger partial charge in [-0.25, -0.2) is 0 Å². The number of rotatable bonds is 2. The van der Waals surface area contributed by atoms with Gasteiger partial charge in [0.2, 0.25) is 0 Å². The average Bonchev–Trinajstić information content (AvgIpc) is 2.49. The lowest BCUT2D eigenvalue weighted by Gasteiger charge is -2.44. The van der Waals surface area contributed by atoms with Crippen LogP contribution < -0.4 is 5.32 Å². The Balaban J connectivity index is 2.21. The van der Waals surface area contributed by atoms with E-state index in [1.807, 2.05) is 0 Å². The van der Waals surface area contributed by atoms with Crippen LogP contribution in [0.4, 0.5) is 0 Å². The summed E-state index contributed by atoms with van der Waals surface area (Å²) in [6.45, 7) is 11.9. The van der Waals surface area contributed by atoms with Gasteiger partial charge in [0, 0.05) is 12.1 Å². The van der Waals surface area contributed by atoms with Gasteiger partial charge in [-0.2, -0.15) is 0 Å². The summed E-state index contributed by atoms with van der Waals surface area (Å²) in [6, 6.07) is 1.35. The maximum absolute atomic E-state index is 3.80.